The highest BCUT2D eigenvalue weighted by molar-refractivity contribution is 7.15. The molecule has 30 heavy (non-hydrogen) atoms. The Morgan fingerprint density at radius 2 is 1.87 bits per heavy atom. The predicted molar refractivity (Wildman–Crippen MR) is 110 cm³/mol. The molecular weight excluding hydrogens is 439 g/mol. The molecule has 4 nitrogen and oxygen atoms in total. The van der Waals surface area contributed by atoms with E-state index in [9.17, 15) is 18.3 Å². The van der Waals surface area contributed by atoms with Gasteiger partial charge in [0.1, 0.15) is 17.4 Å². The van der Waals surface area contributed by atoms with Crippen LogP contribution in [0.2, 0.25) is 5.02 Å². The molecule has 0 saturated heterocycles. The van der Waals surface area contributed by atoms with Crippen molar-refractivity contribution in [3.05, 3.63) is 69.7 Å². The fourth-order valence-corrected chi connectivity index (χ4v) is 3.92. The first-order valence-corrected chi connectivity index (χ1v) is 10.3. The van der Waals surface area contributed by atoms with Crippen molar-refractivity contribution in [1.82, 2.24) is 4.98 Å². The molecule has 0 radical (unpaired) electrons. The fraction of sp³-hybridized carbons (Fsp3) is 0.286. The highest BCUT2D eigenvalue weighted by Crippen LogP contribution is 2.34. The molecule has 1 heterocycles. The van der Waals surface area contributed by atoms with Crippen molar-refractivity contribution in [2.45, 2.75) is 31.7 Å². The van der Waals surface area contributed by atoms with E-state index < -0.39 is 17.8 Å². The summed E-state index contributed by atoms with van der Waals surface area (Å²) in [6.45, 7) is -0.159. The topological polar surface area (TPSA) is 62.6 Å². The summed E-state index contributed by atoms with van der Waals surface area (Å²) in [4.78, 5) is 5.33. The van der Waals surface area contributed by atoms with Gasteiger partial charge in [0.25, 0.3) is 0 Å². The van der Waals surface area contributed by atoms with Crippen molar-refractivity contribution in [2.24, 2.45) is 0 Å². The molecule has 0 spiro atoms. The van der Waals surface area contributed by atoms with E-state index in [0.717, 1.165) is 17.0 Å². The molecule has 0 aliphatic heterocycles. The standard InChI is InChI=1S/C21H19ClF3NO3S/c22-15-2-1-3-17(10-15)29-12-19-18(9-8-16(28)11-27)26-20(30-19)13-4-6-14(7-5-13)21(23,24)25/h1-7,10,16,27-28H,8-9,11-12H2. The Kier molecular flexibility index (Phi) is 7.36. The second-order valence-corrected chi connectivity index (χ2v) is 8.11. The van der Waals surface area contributed by atoms with Crippen molar-refractivity contribution >= 4 is 22.9 Å². The number of aryl methyl sites for hydroxylation is 1. The Morgan fingerprint density at radius 1 is 1.13 bits per heavy atom. The van der Waals surface area contributed by atoms with Gasteiger partial charge in [0.05, 0.1) is 28.8 Å². The van der Waals surface area contributed by atoms with Crippen LogP contribution in [0.25, 0.3) is 10.6 Å². The molecule has 0 fully saturated rings. The Bertz CT molecular complexity index is 976. The maximum absolute atomic E-state index is 12.8. The number of alkyl halides is 3. The maximum atomic E-state index is 12.8. The van der Waals surface area contributed by atoms with Gasteiger partial charge in [-0.3, -0.25) is 0 Å². The first kappa shape index (κ1) is 22.6. The van der Waals surface area contributed by atoms with Crippen LogP contribution >= 0.6 is 22.9 Å². The van der Waals surface area contributed by atoms with Crippen LogP contribution in [0.4, 0.5) is 13.2 Å². The second kappa shape index (κ2) is 9.78. The first-order valence-electron chi connectivity index (χ1n) is 9.09. The minimum atomic E-state index is -4.40. The van der Waals surface area contributed by atoms with E-state index in [0.29, 0.717) is 39.9 Å². The molecule has 3 rings (SSSR count). The van der Waals surface area contributed by atoms with Crippen LogP contribution in [0.3, 0.4) is 0 Å². The minimum absolute atomic E-state index is 0.198. The summed E-state index contributed by atoms with van der Waals surface area (Å²) in [5.41, 5.74) is 0.508. The lowest BCUT2D eigenvalue weighted by Crippen LogP contribution is -2.13. The lowest BCUT2D eigenvalue weighted by atomic mass is 10.1. The van der Waals surface area contributed by atoms with Gasteiger partial charge in [-0.2, -0.15) is 13.2 Å². The van der Waals surface area contributed by atoms with Gasteiger partial charge in [-0.05, 0) is 43.2 Å². The van der Waals surface area contributed by atoms with E-state index >= 15 is 0 Å². The third kappa shape index (κ3) is 5.95. The van der Waals surface area contributed by atoms with Crippen LogP contribution in [0, 0.1) is 0 Å². The fourth-order valence-electron chi connectivity index (χ4n) is 2.72. The Balaban J connectivity index is 1.83. The molecule has 3 aromatic rings. The summed E-state index contributed by atoms with van der Waals surface area (Å²) in [6, 6.07) is 11.7. The Hall–Kier alpha value is -2.13. The van der Waals surface area contributed by atoms with Crippen LogP contribution in [0.1, 0.15) is 22.6 Å². The highest BCUT2D eigenvalue weighted by Gasteiger charge is 2.30. The molecule has 2 N–H and O–H groups in total. The van der Waals surface area contributed by atoms with E-state index in [2.05, 4.69) is 4.98 Å². The Morgan fingerprint density at radius 3 is 2.50 bits per heavy atom. The number of nitrogens with zero attached hydrogens (tertiary/aromatic N) is 1. The monoisotopic (exact) mass is 457 g/mol. The molecular formula is C21H19ClF3NO3S. The number of aliphatic hydroxyl groups is 2. The van der Waals surface area contributed by atoms with E-state index in [4.69, 9.17) is 21.4 Å². The lowest BCUT2D eigenvalue weighted by molar-refractivity contribution is -0.137. The Labute approximate surface area is 180 Å². The number of thiazole rings is 1. The zero-order valence-electron chi connectivity index (χ0n) is 15.7. The van der Waals surface area contributed by atoms with Crippen LogP contribution in [-0.4, -0.2) is 27.9 Å². The number of ether oxygens (including phenoxy) is 1. The van der Waals surface area contributed by atoms with Gasteiger partial charge in [0.2, 0.25) is 0 Å². The van der Waals surface area contributed by atoms with Crippen molar-refractivity contribution in [3.63, 3.8) is 0 Å². The van der Waals surface area contributed by atoms with Crippen molar-refractivity contribution in [1.29, 1.82) is 0 Å². The first-order chi connectivity index (χ1) is 14.3. The number of hydrogen-bond donors (Lipinski definition) is 2. The average molecular weight is 458 g/mol. The molecule has 160 valence electrons. The number of halogens is 4. The molecule has 0 bridgehead atoms. The lowest BCUT2D eigenvalue weighted by Gasteiger charge is -2.08. The van der Waals surface area contributed by atoms with Crippen molar-refractivity contribution in [2.75, 3.05) is 6.61 Å². The summed E-state index contributed by atoms with van der Waals surface area (Å²) in [6.07, 6.45) is -4.57. The number of hydrogen-bond acceptors (Lipinski definition) is 5. The number of rotatable bonds is 8. The molecule has 1 aromatic heterocycles. The number of benzene rings is 2. The van der Waals surface area contributed by atoms with E-state index in [1.54, 1.807) is 24.3 Å². The van der Waals surface area contributed by atoms with Crippen LogP contribution in [-0.2, 0) is 19.2 Å². The molecule has 9 heteroatoms. The van der Waals surface area contributed by atoms with Crippen molar-refractivity contribution in [3.8, 4) is 16.3 Å². The predicted octanol–water partition coefficient (Wildman–Crippen LogP) is 5.35. The SMILES string of the molecule is OCC(O)CCc1nc(-c2ccc(C(F)(F)F)cc2)sc1COc1cccc(Cl)c1. The summed E-state index contributed by atoms with van der Waals surface area (Å²) in [5, 5.41) is 19.8. The van der Waals surface area contributed by atoms with E-state index in [-0.39, 0.29) is 13.2 Å². The molecule has 1 atom stereocenters. The quantitative estimate of drug-likeness (QED) is 0.479. The summed E-state index contributed by atoms with van der Waals surface area (Å²) < 4.78 is 44.2. The van der Waals surface area contributed by atoms with Crippen LogP contribution in [0.5, 0.6) is 5.75 Å². The minimum Gasteiger partial charge on any atom is -0.488 e. The van der Waals surface area contributed by atoms with Crippen molar-refractivity contribution < 1.29 is 28.1 Å². The van der Waals surface area contributed by atoms with Crippen LogP contribution in [0.15, 0.2) is 48.5 Å². The van der Waals surface area contributed by atoms with Gasteiger partial charge in [-0.1, -0.05) is 29.8 Å². The molecule has 0 aliphatic rings. The summed E-state index contributed by atoms with van der Waals surface area (Å²) >= 11 is 7.28. The zero-order valence-corrected chi connectivity index (χ0v) is 17.3. The third-order valence-corrected chi connectivity index (χ3v) is 5.68. The molecule has 0 saturated carbocycles. The van der Waals surface area contributed by atoms with Crippen LogP contribution < -0.4 is 4.74 Å². The third-order valence-electron chi connectivity index (χ3n) is 4.33. The normalized spacial score (nSPS) is 12.7. The summed E-state index contributed by atoms with van der Waals surface area (Å²) in [7, 11) is 0. The van der Waals surface area contributed by atoms with Gasteiger partial charge >= 0.3 is 6.18 Å². The van der Waals surface area contributed by atoms with Gasteiger partial charge < -0.3 is 14.9 Å². The molecule has 1 unspecified atom stereocenters. The maximum Gasteiger partial charge on any atom is 0.416 e. The van der Waals surface area contributed by atoms with E-state index in [1.165, 1.54) is 23.5 Å². The van der Waals surface area contributed by atoms with Gasteiger partial charge in [-0.25, -0.2) is 4.98 Å². The van der Waals surface area contributed by atoms with Gasteiger partial charge in [0.15, 0.2) is 0 Å². The highest BCUT2D eigenvalue weighted by atomic mass is 35.5. The molecule has 0 aliphatic carbocycles. The second-order valence-electron chi connectivity index (χ2n) is 6.59. The molecule has 2 aromatic carbocycles. The van der Waals surface area contributed by atoms with Gasteiger partial charge in [-0.15, -0.1) is 11.3 Å². The molecule has 0 amide bonds. The smallest absolute Gasteiger partial charge is 0.416 e. The summed E-state index contributed by atoms with van der Waals surface area (Å²) in [5.74, 6) is 0.577. The number of aromatic nitrogens is 1. The zero-order chi connectivity index (χ0) is 21.7. The van der Waals surface area contributed by atoms with Gasteiger partial charge in [0, 0.05) is 10.6 Å². The van der Waals surface area contributed by atoms with E-state index in [1.807, 2.05) is 0 Å². The largest absolute Gasteiger partial charge is 0.488 e. The average Bonchev–Trinajstić information content (AvgIpc) is 3.13. The number of aliphatic hydroxyl groups excluding tert-OH is 2.